The van der Waals surface area contributed by atoms with E-state index in [1.807, 2.05) is 18.2 Å². The number of nitrogens with one attached hydrogen (secondary N) is 1. The van der Waals surface area contributed by atoms with Gasteiger partial charge in [-0.15, -0.1) is 0 Å². The minimum absolute atomic E-state index is 0.664. The minimum Gasteiger partial charge on any atom is -0.469 e. The maximum Gasteiger partial charge on any atom is 0.105 e. The second kappa shape index (κ2) is 4.50. The number of furan rings is 1. The van der Waals surface area contributed by atoms with Crippen LogP contribution >= 0.6 is 0 Å². The first kappa shape index (κ1) is 9.58. The average molecular weight is 203 g/mol. The van der Waals surface area contributed by atoms with Crippen LogP contribution in [0.5, 0.6) is 0 Å². The number of nitrogens with zero attached hydrogens (tertiary/aromatic N) is 1. The lowest BCUT2D eigenvalue weighted by Crippen LogP contribution is -2.06. The summed E-state index contributed by atoms with van der Waals surface area (Å²) < 4.78 is 5.22. The van der Waals surface area contributed by atoms with Gasteiger partial charge < -0.3 is 15.5 Å². The van der Waals surface area contributed by atoms with Gasteiger partial charge in [0.15, 0.2) is 0 Å². The van der Waals surface area contributed by atoms with E-state index in [2.05, 4.69) is 10.3 Å². The van der Waals surface area contributed by atoms with E-state index in [4.69, 9.17) is 10.2 Å². The zero-order valence-electron chi connectivity index (χ0n) is 8.31. The van der Waals surface area contributed by atoms with Crippen LogP contribution in [-0.4, -0.2) is 11.5 Å². The molecule has 2 aromatic rings. The van der Waals surface area contributed by atoms with Crippen LogP contribution in [0.25, 0.3) is 0 Å². The predicted octanol–water partition coefficient (Wildman–Crippen LogP) is 1.91. The van der Waals surface area contributed by atoms with Crippen molar-refractivity contribution in [3.05, 3.63) is 42.6 Å². The standard InChI is InChI=1S/C11H13N3O/c12-10-8-13-5-4-11(10)14-6-3-9-2-1-7-15-9/h1-2,4-5,7-8H,3,6,12H2,(H,13,14). The van der Waals surface area contributed by atoms with Crippen molar-refractivity contribution in [1.82, 2.24) is 4.98 Å². The molecule has 78 valence electrons. The summed E-state index contributed by atoms with van der Waals surface area (Å²) in [6, 6.07) is 5.70. The van der Waals surface area contributed by atoms with Gasteiger partial charge in [0.05, 0.1) is 23.8 Å². The van der Waals surface area contributed by atoms with Gasteiger partial charge >= 0.3 is 0 Å². The molecule has 0 fully saturated rings. The fourth-order valence-corrected chi connectivity index (χ4v) is 1.34. The molecule has 0 radical (unpaired) electrons. The number of aromatic nitrogens is 1. The van der Waals surface area contributed by atoms with Crippen LogP contribution in [0.3, 0.4) is 0 Å². The summed E-state index contributed by atoms with van der Waals surface area (Å²) in [6.07, 6.45) is 5.87. The summed E-state index contributed by atoms with van der Waals surface area (Å²) in [7, 11) is 0. The summed E-state index contributed by atoms with van der Waals surface area (Å²) in [5.41, 5.74) is 7.31. The summed E-state index contributed by atoms with van der Waals surface area (Å²) in [5.74, 6) is 0.968. The number of hydrogen-bond donors (Lipinski definition) is 2. The van der Waals surface area contributed by atoms with E-state index in [-0.39, 0.29) is 0 Å². The van der Waals surface area contributed by atoms with Gasteiger partial charge in [0, 0.05) is 19.2 Å². The third-order valence-corrected chi connectivity index (χ3v) is 2.12. The van der Waals surface area contributed by atoms with E-state index in [9.17, 15) is 0 Å². The molecule has 0 saturated heterocycles. The maximum absolute atomic E-state index is 5.73. The molecule has 15 heavy (non-hydrogen) atoms. The van der Waals surface area contributed by atoms with Gasteiger partial charge in [-0.2, -0.15) is 0 Å². The Bertz CT molecular complexity index is 412. The second-order valence-electron chi connectivity index (χ2n) is 3.22. The van der Waals surface area contributed by atoms with Crippen LogP contribution in [0.4, 0.5) is 11.4 Å². The molecule has 0 spiro atoms. The molecule has 0 aromatic carbocycles. The molecule has 0 bridgehead atoms. The molecule has 4 heteroatoms. The minimum atomic E-state index is 0.664. The fourth-order valence-electron chi connectivity index (χ4n) is 1.34. The van der Waals surface area contributed by atoms with Crippen LogP contribution in [0.1, 0.15) is 5.76 Å². The van der Waals surface area contributed by atoms with Gasteiger partial charge in [-0.25, -0.2) is 0 Å². The van der Waals surface area contributed by atoms with Crippen LogP contribution in [0.2, 0.25) is 0 Å². The molecule has 0 atom stereocenters. The van der Waals surface area contributed by atoms with Gasteiger partial charge in [-0.1, -0.05) is 0 Å². The Morgan fingerprint density at radius 2 is 2.33 bits per heavy atom. The Kier molecular flexibility index (Phi) is 2.88. The van der Waals surface area contributed by atoms with E-state index in [0.29, 0.717) is 5.69 Å². The van der Waals surface area contributed by atoms with Crippen molar-refractivity contribution in [2.45, 2.75) is 6.42 Å². The number of rotatable bonds is 4. The SMILES string of the molecule is Nc1cnccc1NCCc1ccco1. The quantitative estimate of drug-likeness (QED) is 0.796. The first-order valence-corrected chi connectivity index (χ1v) is 4.82. The van der Waals surface area contributed by atoms with Crippen molar-refractivity contribution in [2.24, 2.45) is 0 Å². The highest BCUT2D eigenvalue weighted by Gasteiger charge is 1.98. The van der Waals surface area contributed by atoms with Crippen LogP contribution < -0.4 is 11.1 Å². The summed E-state index contributed by atoms with van der Waals surface area (Å²) in [4.78, 5) is 3.92. The molecule has 0 aliphatic rings. The first-order valence-electron chi connectivity index (χ1n) is 4.82. The van der Waals surface area contributed by atoms with Crippen molar-refractivity contribution in [3.8, 4) is 0 Å². The van der Waals surface area contributed by atoms with Crippen LogP contribution in [0, 0.1) is 0 Å². The molecule has 0 aliphatic heterocycles. The van der Waals surface area contributed by atoms with E-state index in [1.54, 1.807) is 18.7 Å². The summed E-state index contributed by atoms with van der Waals surface area (Å²) in [5, 5.41) is 3.23. The Morgan fingerprint density at radius 3 is 3.07 bits per heavy atom. The van der Waals surface area contributed by atoms with Gasteiger partial charge in [-0.3, -0.25) is 4.98 Å². The monoisotopic (exact) mass is 203 g/mol. The van der Waals surface area contributed by atoms with Crippen molar-refractivity contribution in [1.29, 1.82) is 0 Å². The summed E-state index contributed by atoms with van der Waals surface area (Å²) >= 11 is 0. The van der Waals surface area contributed by atoms with Crippen molar-refractivity contribution < 1.29 is 4.42 Å². The van der Waals surface area contributed by atoms with Gasteiger partial charge in [-0.05, 0) is 18.2 Å². The number of nitrogens with two attached hydrogens (primary N) is 1. The summed E-state index contributed by atoms with van der Waals surface area (Å²) in [6.45, 7) is 0.793. The second-order valence-corrected chi connectivity index (χ2v) is 3.22. The van der Waals surface area contributed by atoms with Gasteiger partial charge in [0.2, 0.25) is 0 Å². The number of nitrogen functional groups attached to an aromatic ring is 1. The Labute approximate surface area is 88.1 Å². The van der Waals surface area contributed by atoms with E-state index < -0.39 is 0 Å². The molecule has 0 saturated carbocycles. The molecule has 4 nitrogen and oxygen atoms in total. The molecule has 0 unspecified atom stereocenters. The van der Waals surface area contributed by atoms with E-state index >= 15 is 0 Å². The number of hydrogen-bond acceptors (Lipinski definition) is 4. The predicted molar refractivity (Wildman–Crippen MR) is 59.6 cm³/mol. The van der Waals surface area contributed by atoms with E-state index in [0.717, 1.165) is 24.4 Å². The topological polar surface area (TPSA) is 64.1 Å². The first-order chi connectivity index (χ1) is 7.36. The lowest BCUT2D eigenvalue weighted by atomic mass is 10.3. The van der Waals surface area contributed by atoms with Gasteiger partial charge in [0.1, 0.15) is 5.76 Å². The number of pyridine rings is 1. The Morgan fingerprint density at radius 1 is 1.40 bits per heavy atom. The Balaban J connectivity index is 1.86. The molecule has 2 heterocycles. The largest absolute Gasteiger partial charge is 0.469 e. The van der Waals surface area contributed by atoms with Crippen molar-refractivity contribution in [3.63, 3.8) is 0 Å². The van der Waals surface area contributed by atoms with Crippen LogP contribution in [-0.2, 0) is 6.42 Å². The third kappa shape index (κ3) is 2.49. The molecule has 2 rings (SSSR count). The van der Waals surface area contributed by atoms with Crippen LogP contribution in [0.15, 0.2) is 41.3 Å². The highest BCUT2D eigenvalue weighted by molar-refractivity contribution is 5.64. The lowest BCUT2D eigenvalue weighted by molar-refractivity contribution is 0.513. The highest BCUT2D eigenvalue weighted by Crippen LogP contribution is 2.14. The van der Waals surface area contributed by atoms with Crippen molar-refractivity contribution in [2.75, 3.05) is 17.6 Å². The zero-order valence-corrected chi connectivity index (χ0v) is 8.31. The van der Waals surface area contributed by atoms with E-state index in [1.165, 1.54) is 0 Å². The fraction of sp³-hybridized carbons (Fsp3) is 0.182. The molecule has 2 aromatic heterocycles. The highest BCUT2D eigenvalue weighted by atomic mass is 16.3. The maximum atomic E-state index is 5.73. The smallest absolute Gasteiger partial charge is 0.105 e. The zero-order chi connectivity index (χ0) is 10.5. The molecule has 0 amide bonds. The Hall–Kier alpha value is -1.97. The number of anilines is 2. The van der Waals surface area contributed by atoms with Crippen molar-refractivity contribution >= 4 is 11.4 Å². The third-order valence-electron chi connectivity index (χ3n) is 2.12. The average Bonchev–Trinajstić information content (AvgIpc) is 2.74. The molecule has 3 N–H and O–H groups in total. The molecule has 0 aliphatic carbocycles. The molecular formula is C11H13N3O. The normalized spacial score (nSPS) is 10.1. The van der Waals surface area contributed by atoms with Gasteiger partial charge in [0.25, 0.3) is 0 Å². The lowest BCUT2D eigenvalue weighted by Gasteiger charge is -2.06. The molecular weight excluding hydrogens is 190 g/mol.